The van der Waals surface area contributed by atoms with Gasteiger partial charge < -0.3 is 15.2 Å². The van der Waals surface area contributed by atoms with Gasteiger partial charge in [0.1, 0.15) is 28.0 Å². The molecular formula is C23H23N3O2S. The third-order valence-corrected chi connectivity index (χ3v) is 5.70. The first-order chi connectivity index (χ1) is 14.0. The number of nitrogens with zero attached hydrogens (tertiary/aromatic N) is 2. The Morgan fingerprint density at radius 2 is 1.79 bits per heavy atom. The number of phenols is 1. The van der Waals surface area contributed by atoms with Crippen LogP contribution in [0.1, 0.15) is 23.2 Å². The van der Waals surface area contributed by atoms with Crippen molar-refractivity contribution in [2.24, 2.45) is 0 Å². The van der Waals surface area contributed by atoms with Crippen molar-refractivity contribution in [1.82, 2.24) is 9.97 Å². The first kappa shape index (κ1) is 19.2. The Bertz CT molecular complexity index is 1180. The van der Waals surface area contributed by atoms with Crippen LogP contribution in [0.3, 0.4) is 0 Å². The van der Waals surface area contributed by atoms with Gasteiger partial charge in [-0.2, -0.15) is 0 Å². The predicted octanol–water partition coefficient (Wildman–Crippen LogP) is 6.13. The monoisotopic (exact) mass is 405 g/mol. The maximum atomic E-state index is 10.3. The molecular weight excluding hydrogens is 382 g/mol. The lowest BCUT2D eigenvalue weighted by molar-refractivity contribution is 0.340. The highest BCUT2D eigenvalue weighted by molar-refractivity contribution is 7.19. The van der Waals surface area contributed by atoms with E-state index in [1.165, 1.54) is 4.88 Å². The molecule has 0 radical (unpaired) electrons. The number of phenolic OH excluding ortho intramolecular Hbond substituents is 1. The van der Waals surface area contributed by atoms with Crippen molar-refractivity contribution < 1.29 is 9.84 Å². The molecule has 0 amide bonds. The van der Waals surface area contributed by atoms with E-state index >= 15 is 0 Å². The molecule has 0 spiro atoms. The van der Waals surface area contributed by atoms with Crippen molar-refractivity contribution in [3.8, 4) is 22.6 Å². The summed E-state index contributed by atoms with van der Waals surface area (Å²) < 4.78 is 5.57. The fourth-order valence-electron chi connectivity index (χ4n) is 3.42. The zero-order chi connectivity index (χ0) is 20.5. The van der Waals surface area contributed by atoms with Crippen molar-refractivity contribution in [3.05, 3.63) is 58.7 Å². The Hall–Kier alpha value is -3.12. The Morgan fingerprint density at radius 3 is 2.48 bits per heavy atom. The van der Waals surface area contributed by atoms with Crippen LogP contribution in [0.15, 0.2) is 42.5 Å². The highest BCUT2D eigenvalue weighted by Gasteiger charge is 2.18. The van der Waals surface area contributed by atoms with Crippen LogP contribution in [0.25, 0.3) is 21.3 Å². The Morgan fingerprint density at radius 1 is 1.03 bits per heavy atom. The molecule has 5 nitrogen and oxygen atoms in total. The molecule has 6 heteroatoms. The van der Waals surface area contributed by atoms with Crippen LogP contribution >= 0.6 is 11.3 Å². The van der Waals surface area contributed by atoms with E-state index in [1.54, 1.807) is 17.4 Å². The molecule has 148 valence electrons. The first-order valence-corrected chi connectivity index (χ1v) is 10.4. The number of aromatic hydroxyl groups is 1. The molecule has 0 aliphatic heterocycles. The highest BCUT2D eigenvalue weighted by Crippen LogP contribution is 2.42. The van der Waals surface area contributed by atoms with Gasteiger partial charge in [0.2, 0.25) is 0 Å². The molecule has 0 aliphatic rings. The van der Waals surface area contributed by atoms with Crippen molar-refractivity contribution in [2.45, 2.75) is 27.7 Å². The summed E-state index contributed by atoms with van der Waals surface area (Å²) in [6.07, 6.45) is 0. The molecule has 2 heterocycles. The minimum Gasteiger partial charge on any atom is -0.506 e. The average molecular weight is 406 g/mol. The molecule has 0 atom stereocenters. The van der Waals surface area contributed by atoms with Gasteiger partial charge in [0, 0.05) is 10.4 Å². The minimum absolute atomic E-state index is 0.198. The second-order valence-electron chi connectivity index (χ2n) is 6.94. The molecule has 4 aromatic rings. The van der Waals surface area contributed by atoms with Gasteiger partial charge in [-0.1, -0.05) is 18.2 Å². The van der Waals surface area contributed by atoms with Crippen LogP contribution in [-0.4, -0.2) is 21.7 Å². The van der Waals surface area contributed by atoms with Gasteiger partial charge in [-0.25, -0.2) is 9.97 Å². The highest BCUT2D eigenvalue weighted by atomic mass is 32.1. The number of benzene rings is 2. The lowest BCUT2D eigenvalue weighted by Crippen LogP contribution is -1.99. The SMILES string of the molecule is CCOc1ccc(-c2c(C)sc3nc(C)nc(Nc4ccc(C)cc4O)c23)cc1. The van der Waals surface area contributed by atoms with E-state index in [9.17, 15) is 5.11 Å². The van der Waals surface area contributed by atoms with Crippen LogP contribution < -0.4 is 10.1 Å². The molecule has 0 unspecified atom stereocenters. The maximum Gasteiger partial charge on any atom is 0.143 e. The largest absolute Gasteiger partial charge is 0.506 e. The van der Waals surface area contributed by atoms with Crippen LogP contribution in [-0.2, 0) is 0 Å². The second kappa shape index (κ2) is 7.72. The number of fused-ring (bicyclic) bond motifs is 1. The van der Waals surface area contributed by atoms with Gasteiger partial charge in [-0.15, -0.1) is 11.3 Å². The van der Waals surface area contributed by atoms with E-state index in [4.69, 9.17) is 4.74 Å². The molecule has 2 N–H and O–H groups in total. The van der Waals surface area contributed by atoms with Crippen molar-refractivity contribution in [3.63, 3.8) is 0 Å². The minimum atomic E-state index is 0.198. The van der Waals surface area contributed by atoms with Crippen LogP contribution in [0.4, 0.5) is 11.5 Å². The number of nitrogens with one attached hydrogen (secondary N) is 1. The lowest BCUT2D eigenvalue weighted by Gasteiger charge is -2.12. The Labute approximate surface area is 174 Å². The van der Waals surface area contributed by atoms with Gasteiger partial charge in [-0.05, 0) is 63.1 Å². The summed E-state index contributed by atoms with van der Waals surface area (Å²) in [5, 5.41) is 14.6. The standard InChI is InChI=1S/C23H23N3O2S/c1-5-28-17-9-7-16(8-10-17)20-14(3)29-23-21(20)22(24-15(4)25-23)26-18-11-6-13(2)12-19(18)27/h6-12,27H,5H2,1-4H3,(H,24,25,26). The van der Waals surface area contributed by atoms with Gasteiger partial charge in [-0.3, -0.25) is 0 Å². The number of ether oxygens (including phenoxy) is 1. The van der Waals surface area contributed by atoms with Crippen molar-refractivity contribution in [1.29, 1.82) is 0 Å². The van der Waals surface area contributed by atoms with Crippen LogP contribution in [0.2, 0.25) is 0 Å². The van der Waals surface area contributed by atoms with Gasteiger partial charge >= 0.3 is 0 Å². The van der Waals surface area contributed by atoms with Gasteiger partial charge in [0.15, 0.2) is 0 Å². The Kier molecular flexibility index (Phi) is 5.11. The summed E-state index contributed by atoms with van der Waals surface area (Å²) in [7, 11) is 0. The average Bonchev–Trinajstić information content (AvgIpc) is 3.00. The van der Waals surface area contributed by atoms with Gasteiger partial charge in [0.05, 0.1) is 17.7 Å². The van der Waals surface area contributed by atoms with E-state index in [0.717, 1.165) is 32.7 Å². The molecule has 0 saturated carbocycles. The van der Waals surface area contributed by atoms with E-state index in [-0.39, 0.29) is 5.75 Å². The molecule has 4 rings (SSSR count). The number of anilines is 2. The third-order valence-electron chi connectivity index (χ3n) is 4.70. The summed E-state index contributed by atoms with van der Waals surface area (Å²) in [6.45, 7) is 8.54. The quantitative estimate of drug-likeness (QED) is 0.391. The normalized spacial score (nSPS) is 11.0. The number of aromatic nitrogens is 2. The van der Waals surface area contributed by atoms with Crippen molar-refractivity contribution in [2.75, 3.05) is 11.9 Å². The summed E-state index contributed by atoms with van der Waals surface area (Å²) in [5.41, 5.74) is 3.80. The molecule has 0 bridgehead atoms. The fraction of sp³-hybridized carbons (Fsp3) is 0.217. The van der Waals surface area contributed by atoms with E-state index in [2.05, 4.69) is 34.3 Å². The molecule has 2 aromatic carbocycles. The summed E-state index contributed by atoms with van der Waals surface area (Å²) in [6, 6.07) is 13.6. The predicted molar refractivity (Wildman–Crippen MR) is 120 cm³/mol. The number of thiophene rings is 1. The zero-order valence-corrected chi connectivity index (χ0v) is 17.7. The van der Waals surface area contributed by atoms with Crippen molar-refractivity contribution >= 4 is 33.1 Å². The second-order valence-corrected chi connectivity index (χ2v) is 8.14. The van der Waals surface area contributed by atoms with E-state index in [1.807, 2.05) is 45.0 Å². The summed E-state index contributed by atoms with van der Waals surface area (Å²) >= 11 is 1.65. The topological polar surface area (TPSA) is 67.3 Å². The van der Waals surface area contributed by atoms with E-state index < -0.39 is 0 Å². The van der Waals surface area contributed by atoms with Crippen LogP contribution in [0.5, 0.6) is 11.5 Å². The smallest absolute Gasteiger partial charge is 0.143 e. The van der Waals surface area contributed by atoms with Crippen LogP contribution in [0, 0.1) is 20.8 Å². The zero-order valence-electron chi connectivity index (χ0n) is 16.9. The first-order valence-electron chi connectivity index (χ1n) is 9.54. The molecule has 2 aromatic heterocycles. The number of rotatable bonds is 5. The molecule has 29 heavy (non-hydrogen) atoms. The summed E-state index contributed by atoms with van der Waals surface area (Å²) in [5.74, 6) is 2.43. The van der Waals surface area contributed by atoms with Gasteiger partial charge in [0.25, 0.3) is 0 Å². The molecule has 0 aliphatic carbocycles. The number of hydrogen-bond acceptors (Lipinski definition) is 6. The molecule has 0 fully saturated rings. The van der Waals surface area contributed by atoms with E-state index in [0.29, 0.717) is 23.9 Å². The fourth-order valence-corrected chi connectivity index (χ4v) is 4.51. The molecule has 0 saturated heterocycles. The third kappa shape index (κ3) is 3.76. The maximum absolute atomic E-state index is 10.3. The lowest BCUT2D eigenvalue weighted by atomic mass is 10.0. The Balaban J connectivity index is 1.86. The number of hydrogen-bond donors (Lipinski definition) is 2. The number of aryl methyl sites for hydroxylation is 3. The summed E-state index contributed by atoms with van der Waals surface area (Å²) in [4.78, 5) is 11.4.